The molecule has 4 aliphatic heterocycles. The van der Waals surface area contributed by atoms with Gasteiger partial charge < -0.3 is 38.4 Å². The molecule has 0 saturated carbocycles. The minimum absolute atomic E-state index is 0.0284. The SMILES string of the molecule is O=c1[nH]c(CSC2CCOCC2)nc2cc(OC[C@@H]3CCCO3)cc(F)c12.O=c1[nH]c(CSC2CCOCC2)nc2cc(OC[C@H]3CCCO3)cc(F)c12. The van der Waals surface area contributed by atoms with Crippen LogP contribution in [0, 0.1) is 11.6 Å². The van der Waals surface area contributed by atoms with E-state index in [9.17, 15) is 18.4 Å². The van der Waals surface area contributed by atoms with E-state index in [0.29, 0.717) is 69.4 Å². The van der Waals surface area contributed by atoms with Crippen LogP contribution in [-0.4, -0.2) is 95.5 Å². The summed E-state index contributed by atoms with van der Waals surface area (Å²) in [6, 6.07) is 5.74. The van der Waals surface area contributed by atoms with Crippen molar-refractivity contribution in [1.82, 2.24) is 19.9 Å². The van der Waals surface area contributed by atoms with E-state index < -0.39 is 22.8 Å². The molecule has 0 spiro atoms. The number of nitrogens with zero attached hydrogens (tertiary/aromatic N) is 2. The van der Waals surface area contributed by atoms with Crippen LogP contribution >= 0.6 is 23.5 Å². The number of aromatic amines is 2. The first-order chi connectivity index (χ1) is 26.4. The Kier molecular flexibility index (Phi) is 13.7. The van der Waals surface area contributed by atoms with Gasteiger partial charge >= 0.3 is 0 Å². The Labute approximate surface area is 319 Å². The maximum atomic E-state index is 14.4. The first-order valence-corrected chi connectivity index (χ1v) is 20.8. The normalized spacial score (nSPS) is 21.0. The van der Waals surface area contributed by atoms with Crippen molar-refractivity contribution in [3.63, 3.8) is 0 Å². The molecule has 2 aromatic carbocycles. The lowest BCUT2D eigenvalue weighted by atomic mass is 10.2. The fourth-order valence-electron chi connectivity index (χ4n) is 6.81. The lowest BCUT2D eigenvalue weighted by Gasteiger charge is -2.21. The van der Waals surface area contributed by atoms with Gasteiger partial charge in [0.15, 0.2) is 0 Å². The molecule has 0 radical (unpaired) electrons. The number of halogens is 2. The van der Waals surface area contributed by atoms with Crippen molar-refractivity contribution in [3.05, 3.63) is 68.3 Å². The summed E-state index contributed by atoms with van der Waals surface area (Å²) in [5.41, 5.74) is -0.260. The molecule has 4 fully saturated rings. The second kappa shape index (κ2) is 19.0. The largest absolute Gasteiger partial charge is 0.491 e. The Balaban J connectivity index is 0.000000167. The molecule has 8 rings (SSSR count). The molecule has 4 aromatic rings. The van der Waals surface area contributed by atoms with Crippen molar-refractivity contribution < 1.29 is 37.2 Å². The van der Waals surface area contributed by atoms with Crippen molar-refractivity contribution in [3.8, 4) is 11.5 Å². The quantitative estimate of drug-likeness (QED) is 0.172. The molecule has 2 N–H and O–H groups in total. The van der Waals surface area contributed by atoms with Gasteiger partial charge in [-0.1, -0.05) is 0 Å². The Hall–Kier alpha value is -3.28. The molecule has 12 nitrogen and oxygen atoms in total. The molecule has 16 heteroatoms. The molecule has 6 heterocycles. The number of fused-ring (bicyclic) bond motifs is 2. The summed E-state index contributed by atoms with van der Waals surface area (Å²) in [4.78, 5) is 39.0. The molecular formula is C38H46F2N4O8S2. The molecule has 0 unspecified atom stereocenters. The zero-order valence-corrected chi connectivity index (χ0v) is 31.7. The monoisotopic (exact) mass is 788 g/mol. The molecule has 54 heavy (non-hydrogen) atoms. The van der Waals surface area contributed by atoms with Gasteiger partial charge in [0, 0.05) is 74.4 Å². The van der Waals surface area contributed by atoms with E-state index in [2.05, 4.69) is 19.9 Å². The maximum absolute atomic E-state index is 14.4. The number of aromatic nitrogens is 4. The average Bonchev–Trinajstić information content (AvgIpc) is 3.91. The predicted molar refractivity (Wildman–Crippen MR) is 204 cm³/mol. The third-order valence-electron chi connectivity index (χ3n) is 9.73. The summed E-state index contributed by atoms with van der Waals surface area (Å²) in [7, 11) is 0. The summed E-state index contributed by atoms with van der Waals surface area (Å²) < 4.78 is 62.0. The van der Waals surface area contributed by atoms with Crippen LogP contribution in [-0.2, 0) is 30.5 Å². The van der Waals surface area contributed by atoms with Gasteiger partial charge in [-0.2, -0.15) is 23.5 Å². The van der Waals surface area contributed by atoms with Crippen LogP contribution in [0.2, 0.25) is 0 Å². The third kappa shape index (κ3) is 10.5. The van der Waals surface area contributed by atoms with Gasteiger partial charge in [-0.05, 0) is 51.4 Å². The zero-order chi connectivity index (χ0) is 37.3. The van der Waals surface area contributed by atoms with E-state index in [4.69, 9.17) is 28.4 Å². The van der Waals surface area contributed by atoms with Crippen LogP contribution in [0.15, 0.2) is 33.9 Å². The number of hydrogen-bond acceptors (Lipinski definition) is 12. The Bertz CT molecular complexity index is 1840. The molecule has 0 aliphatic carbocycles. The van der Waals surface area contributed by atoms with Crippen LogP contribution in [0.1, 0.15) is 63.0 Å². The summed E-state index contributed by atoms with van der Waals surface area (Å²) in [5.74, 6) is 1.78. The van der Waals surface area contributed by atoms with Gasteiger partial charge in [0.2, 0.25) is 0 Å². The summed E-state index contributed by atoms with van der Waals surface area (Å²) >= 11 is 3.50. The van der Waals surface area contributed by atoms with E-state index in [1.54, 1.807) is 35.7 Å². The smallest absolute Gasteiger partial charge is 0.261 e. The Morgan fingerprint density at radius 2 is 1.06 bits per heavy atom. The van der Waals surface area contributed by atoms with E-state index in [1.807, 2.05) is 0 Å². The van der Waals surface area contributed by atoms with E-state index in [-0.39, 0.29) is 23.0 Å². The van der Waals surface area contributed by atoms with E-state index >= 15 is 0 Å². The maximum Gasteiger partial charge on any atom is 0.261 e. The first kappa shape index (κ1) is 39.0. The highest BCUT2D eigenvalue weighted by molar-refractivity contribution is 7.99. The molecule has 4 aliphatic rings. The van der Waals surface area contributed by atoms with Crippen molar-refractivity contribution >= 4 is 45.3 Å². The fourth-order valence-corrected chi connectivity index (χ4v) is 8.92. The molecule has 2 aromatic heterocycles. The average molecular weight is 789 g/mol. The van der Waals surface area contributed by atoms with Crippen LogP contribution in [0.4, 0.5) is 8.78 Å². The van der Waals surface area contributed by atoms with Gasteiger partial charge in [0.1, 0.15) is 58.8 Å². The van der Waals surface area contributed by atoms with Gasteiger partial charge in [-0.3, -0.25) is 9.59 Å². The van der Waals surface area contributed by atoms with Crippen molar-refractivity contribution in [1.29, 1.82) is 0 Å². The second-order valence-corrected chi connectivity index (χ2v) is 16.3. The van der Waals surface area contributed by atoms with Gasteiger partial charge in [0.25, 0.3) is 11.1 Å². The van der Waals surface area contributed by atoms with Crippen LogP contribution in [0.3, 0.4) is 0 Å². The van der Waals surface area contributed by atoms with Gasteiger partial charge in [0.05, 0.1) is 34.7 Å². The second-order valence-electron chi connectivity index (χ2n) is 13.8. The topological polar surface area (TPSA) is 147 Å². The van der Waals surface area contributed by atoms with E-state index in [0.717, 1.165) is 91.0 Å². The Morgan fingerprint density at radius 1 is 0.630 bits per heavy atom. The number of H-pyrrole nitrogens is 2. The zero-order valence-electron chi connectivity index (χ0n) is 30.1. The molecular weight excluding hydrogens is 743 g/mol. The number of benzene rings is 2. The van der Waals surface area contributed by atoms with Crippen LogP contribution in [0.25, 0.3) is 21.8 Å². The fraction of sp³-hybridized carbons (Fsp3) is 0.579. The highest BCUT2D eigenvalue weighted by atomic mass is 32.2. The van der Waals surface area contributed by atoms with Crippen LogP contribution in [0.5, 0.6) is 11.5 Å². The molecule has 292 valence electrons. The van der Waals surface area contributed by atoms with Crippen molar-refractivity contribution in [2.45, 2.75) is 85.6 Å². The number of hydrogen-bond donors (Lipinski definition) is 2. The molecule has 4 saturated heterocycles. The number of rotatable bonds is 12. The minimum atomic E-state index is -0.618. The standard InChI is InChI=1S/2C19H23FN2O4S/c2*20-15-8-13(26-10-12-2-1-5-25-12)9-16-18(15)19(23)22-17(21-16)11-27-14-3-6-24-7-4-14/h2*8-9,12,14H,1-7,10-11H2,(H,21,22,23)/t2*12-/m10/s1. The van der Waals surface area contributed by atoms with Crippen molar-refractivity contribution in [2.75, 3.05) is 52.9 Å². The highest BCUT2D eigenvalue weighted by Gasteiger charge is 2.21. The molecule has 0 amide bonds. The summed E-state index contributed by atoms with van der Waals surface area (Å²) in [6.45, 7) is 5.33. The Morgan fingerprint density at radius 3 is 1.44 bits per heavy atom. The summed E-state index contributed by atoms with van der Waals surface area (Å²) in [6.07, 6.45) is 8.01. The van der Waals surface area contributed by atoms with Gasteiger partial charge in [-0.15, -0.1) is 0 Å². The lowest BCUT2D eigenvalue weighted by molar-refractivity contribution is 0.0678. The third-order valence-corrected chi connectivity index (χ3v) is 12.5. The van der Waals surface area contributed by atoms with Crippen molar-refractivity contribution in [2.24, 2.45) is 0 Å². The molecule has 0 bridgehead atoms. The number of nitrogens with one attached hydrogen (secondary N) is 2. The lowest BCUT2D eigenvalue weighted by Crippen LogP contribution is -2.19. The van der Waals surface area contributed by atoms with Crippen LogP contribution < -0.4 is 20.6 Å². The highest BCUT2D eigenvalue weighted by Crippen LogP contribution is 2.28. The first-order valence-electron chi connectivity index (χ1n) is 18.7. The number of thioether (sulfide) groups is 2. The molecule has 2 atom stereocenters. The predicted octanol–water partition coefficient (Wildman–Crippen LogP) is 6.06. The summed E-state index contributed by atoms with van der Waals surface area (Å²) in [5, 5.41) is 0.939. The minimum Gasteiger partial charge on any atom is -0.491 e. The van der Waals surface area contributed by atoms with E-state index in [1.165, 1.54) is 12.1 Å². The number of ether oxygens (including phenoxy) is 6. The van der Waals surface area contributed by atoms with Gasteiger partial charge in [-0.25, -0.2) is 18.7 Å².